The lowest BCUT2D eigenvalue weighted by molar-refractivity contribution is 0.101. The largest absolute Gasteiger partial charge is 0.396 e. The van der Waals surface area contributed by atoms with Crippen molar-refractivity contribution in [1.29, 1.82) is 0 Å². The molecule has 0 atom stereocenters. The van der Waals surface area contributed by atoms with Crippen LogP contribution in [0, 0.1) is 0 Å². The van der Waals surface area contributed by atoms with Crippen LogP contribution in [0.25, 0.3) is 6.08 Å². The van der Waals surface area contributed by atoms with Crippen LogP contribution in [0.5, 0.6) is 0 Å². The zero-order chi connectivity index (χ0) is 10.4. The van der Waals surface area contributed by atoms with Gasteiger partial charge in [-0.05, 0) is 18.1 Å². The van der Waals surface area contributed by atoms with E-state index in [0.717, 1.165) is 5.56 Å². The monoisotopic (exact) mass is 191 g/mol. The molecule has 0 fully saturated rings. The summed E-state index contributed by atoms with van der Waals surface area (Å²) in [5, 5.41) is 8.55. The molecule has 0 aliphatic heterocycles. The van der Waals surface area contributed by atoms with Gasteiger partial charge in [-0.3, -0.25) is 9.78 Å². The van der Waals surface area contributed by atoms with Crippen molar-refractivity contribution >= 4 is 11.9 Å². The molecule has 74 valence electrons. The van der Waals surface area contributed by atoms with Gasteiger partial charge in [0.15, 0.2) is 5.78 Å². The Hall–Kier alpha value is -1.48. The van der Waals surface area contributed by atoms with Crippen LogP contribution in [0.15, 0.2) is 24.4 Å². The summed E-state index contributed by atoms with van der Waals surface area (Å²) < 4.78 is 0. The molecule has 0 unspecified atom stereocenters. The van der Waals surface area contributed by atoms with E-state index in [0.29, 0.717) is 12.1 Å². The molecule has 0 saturated heterocycles. The first-order valence-electron chi connectivity index (χ1n) is 4.48. The molecule has 1 aromatic rings. The van der Waals surface area contributed by atoms with Crippen molar-refractivity contribution in [1.82, 2.24) is 4.98 Å². The van der Waals surface area contributed by atoms with E-state index in [1.807, 2.05) is 18.2 Å². The van der Waals surface area contributed by atoms with Gasteiger partial charge in [0.2, 0.25) is 0 Å². The van der Waals surface area contributed by atoms with Crippen LogP contribution in [0.4, 0.5) is 0 Å². The molecular formula is C11H13NO2. The minimum atomic E-state index is -0.0316. The molecule has 14 heavy (non-hydrogen) atoms. The number of carbonyl (C=O) groups excluding carboxylic acids is 1. The Morgan fingerprint density at radius 1 is 1.57 bits per heavy atom. The molecular weight excluding hydrogens is 178 g/mol. The van der Waals surface area contributed by atoms with Crippen molar-refractivity contribution in [2.45, 2.75) is 13.3 Å². The van der Waals surface area contributed by atoms with Gasteiger partial charge < -0.3 is 5.11 Å². The minimum absolute atomic E-state index is 0.0316. The van der Waals surface area contributed by atoms with Crippen LogP contribution in [0.3, 0.4) is 0 Å². The quantitative estimate of drug-likeness (QED) is 0.736. The predicted octanol–water partition coefficient (Wildman–Crippen LogP) is 1.68. The minimum Gasteiger partial charge on any atom is -0.396 e. The maximum Gasteiger partial charge on any atom is 0.178 e. The highest BCUT2D eigenvalue weighted by Gasteiger charge is 1.98. The van der Waals surface area contributed by atoms with Gasteiger partial charge in [-0.1, -0.05) is 18.2 Å². The van der Waals surface area contributed by atoms with Crippen molar-refractivity contribution in [3.8, 4) is 0 Å². The average Bonchev–Trinajstić information content (AvgIpc) is 2.19. The van der Waals surface area contributed by atoms with Gasteiger partial charge in [-0.2, -0.15) is 0 Å². The Balaban J connectivity index is 2.68. The second kappa shape index (κ2) is 5.29. The summed E-state index contributed by atoms with van der Waals surface area (Å²) in [6.07, 6.45) is 6.01. The highest BCUT2D eigenvalue weighted by Crippen LogP contribution is 2.03. The number of ketones is 1. The summed E-state index contributed by atoms with van der Waals surface area (Å²) in [6, 6.07) is 3.53. The first-order valence-corrected chi connectivity index (χ1v) is 4.48. The molecule has 0 aliphatic rings. The molecule has 1 heterocycles. The number of nitrogens with zero attached hydrogens (tertiary/aromatic N) is 1. The van der Waals surface area contributed by atoms with E-state index < -0.39 is 0 Å². The maximum absolute atomic E-state index is 10.9. The van der Waals surface area contributed by atoms with Crippen LogP contribution >= 0.6 is 0 Å². The Morgan fingerprint density at radius 3 is 2.86 bits per heavy atom. The van der Waals surface area contributed by atoms with E-state index in [9.17, 15) is 4.79 Å². The molecule has 1 rings (SSSR count). The first kappa shape index (κ1) is 10.6. The standard InChI is InChI=1S/C11H13NO2/c1-9(14)11-6-5-10(8-12-11)4-2-3-7-13/h2,4-6,8,13H,3,7H2,1H3. The number of hydrogen-bond donors (Lipinski definition) is 1. The molecule has 0 spiro atoms. The van der Waals surface area contributed by atoms with Crippen LogP contribution in [-0.4, -0.2) is 22.5 Å². The molecule has 1 N–H and O–H groups in total. The number of pyridine rings is 1. The van der Waals surface area contributed by atoms with Crippen LogP contribution < -0.4 is 0 Å². The van der Waals surface area contributed by atoms with E-state index in [1.54, 1.807) is 12.3 Å². The highest BCUT2D eigenvalue weighted by atomic mass is 16.2. The van der Waals surface area contributed by atoms with Gasteiger partial charge in [0.05, 0.1) is 0 Å². The number of aliphatic hydroxyl groups is 1. The molecule has 0 radical (unpaired) electrons. The molecule has 0 bridgehead atoms. The van der Waals surface area contributed by atoms with E-state index in [-0.39, 0.29) is 12.4 Å². The third-order valence-corrected chi connectivity index (χ3v) is 1.75. The lowest BCUT2D eigenvalue weighted by Crippen LogP contribution is -1.95. The van der Waals surface area contributed by atoms with Gasteiger partial charge in [0.25, 0.3) is 0 Å². The van der Waals surface area contributed by atoms with Gasteiger partial charge in [0.1, 0.15) is 5.69 Å². The maximum atomic E-state index is 10.9. The smallest absolute Gasteiger partial charge is 0.178 e. The fourth-order valence-corrected chi connectivity index (χ4v) is 1.01. The van der Waals surface area contributed by atoms with Gasteiger partial charge in [-0.15, -0.1) is 0 Å². The number of carbonyl (C=O) groups is 1. The van der Waals surface area contributed by atoms with E-state index in [2.05, 4.69) is 4.98 Å². The SMILES string of the molecule is CC(=O)c1ccc(C=CCCO)cn1. The highest BCUT2D eigenvalue weighted by molar-refractivity contribution is 5.92. The average molecular weight is 191 g/mol. The van der Waals surface area contributed by atoms with Crippen molar-refractivity contribution < 1.29 is 9.90 Å². The number of hydrogen-bond acceptors (Lipinski definition) is 3. The Kier molecular flexibility index (Phi) is 4.01. The molecule has 3 heteroatoms. The lowest BCUT2D eigenvalue weighted by atomic mass is 10.2. The summed E-state index contributed by atoms with van der Waals surface area (Å²) in [6.45, 7) is 1.64. The van der Waals surface area contributed by atoms with Crippen molar-refractivity contribution in [2.75, 3.05) is 6.61 Å². The Morgan fingerprint density at radius 2 is 2.36 bits per heavy atom. The van der Waals surface area contributed by atoms with Crippen molar-refractivity contribution in [3.63, 3.8) is 0 Å². The Labute approximate surface area is 83.1 Å². The van der Waals surface area contributed by atoms with E-state index in [1.165, 1.54) is 6.92 Å². The fourth-order valence-electron chi connectivity index (χ4n) is 1.01. The van der Waals surface area contributed by atoms with Gasteiger partial charge in [-0.25, -0.2) is 0 Å². The molecule has 0 amide bonds. The third-order valence-electron chi connectivity index (χ3n) is 1.75. The van der Waals surface area contributed by atoms with Gasteiger partial charge >= 0.3 is 0 Å². The molecule has 0 aromatic carbocycles. The predicted molar refractivity (Wildman–Crippen MR) is 55.0 cm³/mol. The Bertz CT molecular complexity index is 328. The third kappa shape index (κ3) is 3.11. The van der Waals surface area contributed by atoms with E-state index in [4.69, 9.17) is 5.11 Å². The second-order valence-corrected chi connectivity index (χ2v) is 2.95. The lowest BCUT2D eigenvalue weighted by Gasteiger charge is -1.95. The first-order chi connectivity index (χ1) is 6.74. The van der Waals surface area contributed by atoms with E-state index >= 15 is 0 Å². The number of Topliss-reactive ketones (excluding diaryl/α,β-unsaturated/α-hetero) is 1. The molecule has 0 aliphatic carbocycles. The van der Waals surface area contributed by atoms with Gasteiger partial charge in [0, 0.05) is 19.7 Å². The summed E-state index contributed by atoms with van der Waals surface area (Å²) in [5.74, 6) is -0.0316. The normalized spacial score (nSPS) is 10.7. The fraction of sp³-hybridized carbons (Fsp3) is 0.273. The molecule has 3 nitrogen and oxygen atoms in total. The number of aromatic nitrogens is 1. The zero-order valence-corrected chi connectivity index (χ0v) is 8.10. The summed E-state index contributed by atoms with van der Waals surface area (Å²) >= 11 is 0. The topological polar surface area (TPSA) is 50.2 Å². The van der Waals surface area contributed by atoms with Crippen LogP contribution in [0.2, 0.25) is 0 Å². The van der Waals surface area contributed by atoms with Crippen molar-refractivity contribution in [2.24, 2.45) is 0 Å². The molecule has 0 saturated carbocycles. The van der Waals surface area contributed by atoms with Crippen LogP contribution in [0.1, 0.15) is 29.4 Å². The zero-order valence-electron chi connectivity index (χ0n) is 8.10. The summed E-state index contributed by atoms with van der Waals surface area (Å²) in [7, 11) is 0. The second-order valence-electron chi connectivity index (χ2n) is 2.95. The molecule has 1 aromatic heterocycles. The number of aliphatic hydroxyl groups excluding tert-OH is 1. The number of rotatable bonds is 4. The van der Waals surface area contributed by atoms with Crippen molar-refractivity contribution in [3.05, 3.63) is 35.7 Å². The summed E-state index contributed by atoms with van der Waals surface area (Å²) in [5.41, 5.74) is 1.41. The summed E-state index contributed by atoms with van der Waals surface area (Å²) in [4.78, 5) is 14.9. The van der Waals surface area contributed by atoms with Crippen LogP contribution in [-0.2, 0) is 0 Å².